The van der Waals surface area contributed by atoms with Gasteiger partial charge in [-0.3, -0.25) is 4.68 Å². The fourth-order valence-corrected chi connectivity index (χ4v) is 6.73. The highest BCUT2D eigenvalue weighted by molar-refractivity contribution is 5.93. The van der Waals surface area contributed by atoms with Crippen LogP contribution >= 0.6 is 0 Å². The van der Waals surface area contributed by atoms with E-state index in [1.54, 1.807) is 39.0 Å². The number of benzene rings is 2. The summed E-state index contributed by atoms with van der Waals surface area (Å²) >= 11 is 0. The molecule has 1 aliphatic heterocycles. The van der Waals surface area contributed by atoms with E-state index in [0.717, 1.165) is 43.5 Å². The maximum absolute atomic E-state index is 15.0. The molecule has 1 unspecified atom stereocenters. The van der Waals surface area contributed by atoms with E-state index in [-0.39, 0.29) is 17.7 Å². The first-order valence-corrected chi connectivity index (χ1v) is 15.7. The molecule has 1 saturated heterocycles. The molecule has 14 heteroatoms. The lowest BCUT2D eigenvalue weighted by atomic mass is 9.84. The SMILES string of the molecule is COc1ccc(CNc2nc3cc(OC)c(F)cc3c3nc([C@@H]4CCCN(c5cnn(C6CCC6(OC)OC)c5)C4)nn23)c(OC)c1. The average molecular weight is 647 g/mol. The van der Waals surface area contributed by atoms with Gasteiger partial charge in [-0.15, -0.1) is 5.10 Å². The largest absolute Gasteiger partial charge is 0.497 e. The zero-order valence-corrected chi connectivity index (χ0v) is 27.2. The molecule has 1 saturated carbocycles. The molecule has 248 valence electrons. The molecule has 5 aromatic rings. The number of ether oxygens (including phenoxy) is 5. The molecular formula is C33H39FN8O5. The molecule has 0 spiro atoms. The molecule has 0 radical (unpaired) electrons. The fourth-order valence-electron chi connectivity index (χ4n) is 6.73. The van der Waals surface area contributed by atoms with Crippen LogP contribution in [0, 0.1) is 5.82 Å². The standard InChI is InChI=1S/C33H39FN8O5/c1-43-23-9-8-20(27(13-23)44-2)16-35-32-37-26-15-28(45-3)25(34)14-24(26)31-38-30(39-42(31)32)21-7-6-12-40(18-21)22-17-36-41(19-22)29-10-11-33(29,46-4)47-5/h8-9,13-15,17,19,21,29H,6-7,10-12,16,18H2,1-5H3,(H,35,37)/t21-,29?/m1/s1. The highest BCUT2D eigenvalue weighted by Gasteiger charge is 2.49. The van der Waals surface area contributed by atoms with Crippen molar-refractivity contribution in [1.29, 1.82) is 0 Å². The zero-order valence-electron chi connectivity index (χ0n) is 27.2. The van der Waals surface area contributed by atoms with Crippen LogP contribution in [0.5, 0.6) is 17.2 Å². The third-order valence-corrected chi connectivity index (χ3v) is 9.52. The van der Waals surface area contributed by atoms with Gasteiger partial charge in [-0.2, -0.15) is 9.61 Å². The number of methoxy groups -OCH3 is 5. The molecule has 2 aromatic carbocycles. The van der Waals surface area contributed by atoms with E-state index in [2.05, 4.69) is 21.5 Å². The summed E-state index contributed by atoms with van der Waals surface area (Å²) < 4.78 is 46.2. The van der Waals surface area contributed by atoms with Crippen molar-refractivity contribution < 1.29 is 28.1 Å². The molecule has 0 bridgehead atoms. The lowest BCUT2D eigenvalue weighted by Crippen LogP contribution is -2.51. The first-order chi connectivity index (χ1) is 22.9. The number of nitrogens with one attached hydrogen (secondary N) is 1. The molecule has 47 heavy (non-hydrogen) atoms. The monoisotopic (exact) mass is 646 g/mol. The number of aromatic nitrogens is 6. The molecule has 2 atom stereocenters. The molecule has 0 amide bonds. The second kappa shape index (κ2) is 12.5. The highest BCUT2D eigenvalue weighted by Crippen LogP contribution is 2.45. The van der Waals surface area contributed by atoms with Gasteiger partial charge in [-0.05, 0) is 37.5 Å². The number of anilines is 2. The Morgan fingerprint density at radius 3 is 2.53 bits per heavy atom. The van der Waals surface area contributed by atoms with Gasteiger partial charge in [-0.1, -0.05) is 0 Å². The van der Waals surface area contributed by atoms with Gasteiger partial charge in [0.15, 0.2) is 28.8 Å². The summed E-state index contributed by atoms with van der Waals surface area (Å²) in [5.74, 6) is 1.53. The van der Waals surface area contributed by atoms with Gasteiger partial charge in [0, 0.05) is 75.5 Å². The minimum absolute atomic E-state index is 0.0237. The van der Waals surface area contributed by atoms with Gasteiger partial charge in [0.1, 0.15) is 17.5 Å². The minimum atomic E-state index is -0.640. The first-order valence-electron chi connectivity index (χ1n) is 15.7. The lowest BCUT2D eigenvalue weighted by Gasteiger charge is -2.46. The van der Waals surface area contributed by atoms with Crippen molar-refractivity contribution in [2.75, 3.05) is 58.9 Å². The predicted molar refractivity (Wildman–Crippen MR) is 173 cm³/mol. The fraction of sp³-hybridized carbons (Fsp3) is 0.455. The Hall–Kier alpha value is -4.69. The quantitative estimate of drug-likeness (QED) is 0.196. The van der Waals surface area contributed by atoms with E-state index >= 15 is 0 Å². The van der Waals surface area contributed by atoms with Crippen LogP contribution in [0.25, 0.3) is 16.6 Å². The predicted octanol–water partition coefficient (Wildman–Crippen LogP) is 4.96. The van der Waals surface area contributed by atoms with Crippen molar-refractivity contribution in [3.05, 3.63) is 59.9 Å². The van der Waals surface area contributed by atoms with Crippen LogP contribution in [0.4, 0.5) is 16.0 Å². The molecule has 4 heterocycles. The van der Waals surface area contributed by atoms with Crippen LogP contribution in [0.15, 0.2) is 42.7 Å². The minimum Gasteiger partial charge on any atom is -0.497 e. The normalized spacial score (nSPS) is 19.1. The lowest BCUT2D eigenvalue weighted by molar-refractivity contribution is -0.281. The first kappa shape index (κ1) is 30.9. The Kier molecular flexibility index (Phi) is 8.22. The van der Waals surface area contributed by atoms with Gasteiger partial charge >= 0.3 is 0 Å². The summed E-state index contributed by atoms with van der Waals surface area (Å²) in [5, 5.41) is 13.6. The number of hydrogen-bond acceptors (Lipinski definition) is 11. The van der Waals surface area contributed by atoms with E-state index in [9.17, 15) is 4.39 Å². The van der Waals surface area contributed by atoms with E-state index in [1.165, 1.54) is 13.2 Å². The molecule has 1 aliphatic carbocycles. The Balaban J connectivity index is 1.20. The van der Waals surface area contributed by atoms with E-state index < -0.39 is 11.6 Å². The van der Waals surface area contributed by atoms with Gasteiger partial charge in [0.2, 0.25) is 5.95 Å². The molecule has 1 N–H and O–H groups in total. The van der Waals surface area contributed by atoms with Crippen molar-refractivity contribution in [3.8, 4) is 17.2 Å². The van der Waals surface area contributed by atoms with E-state index in [4.69, 9.17) is 38.8 Å². The Morgan fingerprint density at radius 1 is 0.979 bits per heavy atom. The van der Waals surface area contributed by atoms with Crippen LogP contribution in [0.3, 0.4) is 0 Å². The highest BCUT2D eigenvalue weighted by atomic mass is 19.1. The van der Waals surface area contributed by atoms with Crippen molar-refractivity contribution in [2.45, 2.75) is 50.0 Å². The number of nitrogens with zero attached hydrogens (tertiary/aromatic N) is 7. The Labute approximate surface area is 271 Å². The summed E-state index contributed by atoms with van der Waals surface area (Å²) in [7, 11) is 8.02. The third kappa shape index (κ3) is 5.44. The summed E-state index contributed by atoms with van der Waals surface area (Å²) in [6.07, 6.45) is 7.61. The van der Waals surface area contributed by atoms with Gasteiger partial charge in [-0.25, -0.2) is 14.4 Å². The second-order valence-electron chi connectivity index (χ2n) is 11.9. The van der Waals surface area contributed by atoms with Crippen molar-refractivity contribution in [1.82, 2.24) is 29.4 Å². The maximum atomic E-state index is 15.0. The Morgan fingerprint density at radius 2 is 1.81 bits per heavy atom. The second-order valence-corrected chi connectivity index (χ2v) is 11.9. The van der Waals surface area contributed by atoms with Crippen molar-refractivity contribution in [3.63, 3.8) is 0 Å². The van der Waals surface area contributed by atoms with Crippen LogP contribution in [0.2, 0.25) is 0 Å². The number of halogens is 1. The zero-order chi connectivity index (χ0) is 32.7. The van der Waals surface area contributed by atoms with Crippen LogP contribution in [-0.2, 0) is 16.0 Å². The third-order valence-electron chi connectivity index (χ3n) is 9.52. The molecular weight excluding hydrogens is 607 g/mol. The van der Waals surface area contributed by atoms with E-state index in [1.807, 2.05) is 29.1 Å². The average Bonchev–Trinajstić information content (AvgIpc) is 3.76. The summed E-state index contributed by atoms with van der Waals surface area (Å²) in [6.45, 7) is 2.00. The molecule has 2 aliphatic rings. The number of piperidine rings is 1. The summed E-state index contributed by atoms with van der Waals surface area (Å²) in [6, 6.07) is 8.66. The topological polar surface area (TPSA) is 122 Å². The maximum Gasteiger partial charge on any atom is 0.226 e. The van der Waals surface area contributed by atoms with Crippen LogP contribution in [0.1, 0.15) is 49.0 Å². The van der Waals surface area contributed by atoms with Gasteiger partial charge in [0.05, 0.1) is 38.7 Å². The molecule has 3 aromatic heterocycles. The number of rotatable bonds is 11. The van der Waals surface area contributed by atoms with E-state index in [0.29, 0.717) is 52.9 Å². The number of hydrogen-bond donors (Lipinski definition) is 1. The molecule has 2 fully saturated rings. The smallest absolute Gasteiger partial charge is 0.226 e. The van der Waals surface area contributed by atoms with Gasteiger partial charge in [0.25, 0.3) is 0 Å². The number of fused-ring (bicyclic) bond motifs is 3. The molecule has 13 nitrogen and oxygen atoms in total. The van der Waals surface area contributed by atoms with Gasteiger partial charge < -0.3 is 33.9 Å². The Bertz CT molecular complexity index is 1900. The summed E-state index contributed by atoms with van der Waals surface area (Å²) in [4.78, 5) is 12.2. The van der Waals surface area contributed by atoms with Crippen molar-refractivity contribution in [2.24, 2.45) is 0 Å². The van der Waals surface area contributed by atoms with Crippen molar-refractivity contribution >= 4 is 28.2 Å². The van der Waals surface area contributed by atoms with Crippen LogP contribution < -0.4 is 24.4 Å². The molecule has 7 rings (SSSR count). The summed E-state index contributed by atoms with van der Waals surface area (Å²) in [5.41, 5.74) is 2.99. The van der Waals surface area contributed by atoms with Crippen LogP contribution in [-0.4, -0.2) is 83.8 Å².